The Labute approximate surface area is 102 Å². The van der Waals surface area contributed by atoms with Gasteiger partial charge in [-0.05, 0) is 18.7 Å². The summed E-state index contributed by atoms with van der Waals surface area (Å²) in [7, 11) is 0. The van der Waals surface area contributed by atoms with Gasteiger partial charge in [0.2, 0.25) is 5.89 Å². The molecule has 1 aromatic heterocycles. The molecule has 0 unspecified atom stereocenters. The van der Waals surface area contributed by atoms with Crippen molar-refractivity contribution in [2.45, 2.75) is 45.4 Å². The molecule has 4 nitrogen and oxygen atoms in total. The highest BCUT2D eigenvalue weighted by Gasteiger charge is 2.05. The van der Waals surface area contributed by atoms with Crippen molar-refractivity contribution < 1.29 is 4.52 Å². The van der Waals surface area contributed by atoms with Gasteiger partial charge in [-0.15, -0.1) is 0 Å². The number of hydrogen-bond donors (Lipinski definition) is 1. The van der Waals surface area contributed by atoms with Gasteiger partial charge in [-0.25, -0.2) is 0 Å². The highest BCUT2D eigenvalue weighted by molar-refractivity contribution is 7.98. The van der Waals surface area contributed by atoms with Crippen LogP contribution in [0.15, 0.2) is 4.52 Å². The quantitative estimate of drug-likeness (QED) is 0.710. The summed E-state index contributed by atoms with van der Waals surface area (Å²) in [6, 6.07) is 0.541. The highest BCUT2D eigenvalue weighted by Crippen LogP contribution is 2.09. The van der Waals surface area contributed by atoms with Gasteiger partial charge in [0.25, 0.3) is 0 Å². The SMILES string of the molecule is CCSCc1noc(CCCNC(C)C)n1. The zero-order chi connectivity index (χ0) is 11.8. The molecule has 1 rings (SSSR count). The highest BCUT2D eigenvalue weighted by atomic mass is 32.2. The molecule has 0 radical (unpaired) electrons. The minimum absolute atomic E-state index is 0.541. The Kier molecular flexibility index (Phi) is 6.49. The Balaban J connectivity index is 2.19. The van der Waals surface area contributed by atoms with Crippen molar-refractivity contribution in [2.24, 2.45) is 0 Å². The summed E-state index contributed by atoms with van der Waals surface area (Å²) < 4.78 is 5.17. The molecule has 1 aromatic rings. The summed E-state index contributed by atoms with van der Waals surface area (Å²) in [5.41, 5.74) is 0. The van der Waals surface area contributed by atoms with Crippen LogP contribution in [-0.2, 0) is 12.2 Å². The van der Waals surface area contributed by atoms with Crippen LogP contribution in [0.1, 0.15) is 38.9 Å². The van der Waals surface area contributed by atoms with Crippen LogP contribution in [-0.4, -0.2) is 28.5 Å². The van der Waals surface area contributed by atoms with Gasteiger partial charge >= 0.3 is 0 Å². The van der Waals surface area contributed by atoms with E-state index in [0.29, 0.717) is 6.04 Å². The van der Waals surface area contributed by atoms with Crippen molar-refractivity contribution in [3.05, 3.63) is 11.7 Å². The number of aryl methyl sites for hydroxylation is 1. The van der Waals surface area contributed by atoms with Crippen LogP contribution >= 0.6 is 11.8 Å². The van der Waals surface area contributed by atoms with Crippen molar-refractivity contribution in [3.63, 3.8) is 0 Å². The van der Waals surface area contributed by atoms with Crippen LogP contribution < -0.4 is 5.32 Å². The van der Waals surface area contributed by atoms with E-state index >= 15 is 0 Å². The van der Waals surface area contributed by atoms with E-state index in [4.69, 9.17) is 4.52 Å². The van der Waals surface area contributed by atoms with Gasteiger partial charge < -0.3 is 9.84 Å². The van der Waals surface area contributed by atoms with Crippen LogP contribution in [0, 0.1) is 0 Å². The smallest absolute Gasteiger partial charge is 0.226 e. The number of nitrogens with zero attached hydrogens (tertiary/aromatic N) is 2. The molecule has 0 aliphatic carbocycles. The third-order valence-electron chi connectivity index (χ3n) is 2.07. The number of thioether (sulfide) groups is 1. The van der Waals surface area contributed by atoms with Gasteiger partial charge in [-0.2, -0.15) is 16.7 Å². The minimum Gasteiger partial charge on any atom is -0.339 e. The summed E-state index contributed by atoms with van der Waals surface area (Å²) in [6.07, 6.45) is 1.91. The van der Waals surface area contributed by atoms with Gasteiger partial charge in [-0.3, -0.25) is 0 Å². The van der Waals surface area contributed by atoms with E-state index < -0.39 is 0 Å². The number of rotatable bonds is 8. The molecule has 0 fully saturated rings. The normalized spacial score (nSPS) is 11.2. The summed E-state index contributed by atoms with van der Waals surface area (Å²) in [6.45, 7) is 7.42. The zero-order valence-electron chi connectivity index (χ0n) is 10.3. The minimum atomic E-state index is 0.541. The fourth-order valence-electron chi connectivity index (χ4n) is 1.27. The van der Waals surface area contributed by atoms with Crippen LogP contribution in [0.5, 0.6) is 0 Å². The maximum atomic E-state index is 5.17. The van der Waals surface area contributed by atoms with E-state index in [0.717, 1.165) is 42.6 Å². The van der Waals surface area contributed by atoms with Gasteiger partial charge in [0, 0.05) is 12.5 Å². The lowest BCUT2D eigenvalue weighted by molar-refractivity contribution is 0.370. The Hall–Kier alpha value is -0.550. The molecular weight excluding hydrogens is 222 g/mol. The van der Waals surface area contributed by atoms with Crippen molar-refractivity contribution >= 4 is 11.8 Å². The maximum absolute atomic E-state index is 5.17. The predicted octanol–water partition coefficient (Wildman–Crippen LogP) is 2.25. The summed E-state index contributed by atoms with van der Waals surface area (Å²) in [5.74, 6) is 3.52. The van der Waals surface area contributed by atoms with E-state index in [-0.39, 0.29) is 0 Å². The van der Waals surface area contributed by atoms with Crippen molar-refractivity contribution in [3.8, 4) is 0 Å². The average Bonchev–Trinajstić information content (AvgIpc) is 2.69. The molecule has 1 heterocycles. The van der Waals surface area contributed by atoms with Crippen molar-refractivity contribution in [1.29, 1.82) is 0 Å². The number of nitrogens with one attached hydrogen (secondary N) is 1. The first-order valence-electron chi connectivity index (χ1n) is 5.85. The second kappa shape index (κ2) is 7.68. The standard InChI is InChI=1S/C11H21N3OS/c1-4-16-8-10-13-11(15-14-10)6-5-7-12-9(2)3/h9,12H,4-8H2,1-3H3. The number of hydrogen-bond acceptors (Lipinski definition) is 5. The molecule has 0 aliphatic heterocycles. The molecule has 1 N–H and O–H groups in total. The fraction of sp³-hybridized carbons (Fsp3) is 0.818. The first-order valence-corrected chi connectivity index (χ1v) is 7.00. The summed E-state index contributed by atoms with van der Waals surface area (Å²) in [5, 5.41) is 7.30. The van der Waals surface area contributed by atoms with E-state index in [1.807, 2.05) is 11.8 Å². The van der Waals surface area contributed by atoms with E-state index in [2.05, 4.69) is 36.2 Å². The molecule has 0 aliphatic rings. The molecule has 16 heavy (non-hydrogen) atoms. The van der Waals surface area contributed by atoms with Crippen LogP contribution in [0.3, 0.4) is 0 Å². The number of aromatic nitrogens is 2. The average molecular weight is 243 g/mol. The Morgan fingerprint density at radius 2 is 2.25 bits per heavy atom. The first kappa shape index (κ1) is 13.5. The van der Waals surface area contributed by atoms with Gasteiger partial charge in [0.1, 0.15) is 0 Å². The van der Waals surface area contributed by atoms with E-state index in [9.17, 15) is 0 Å². The lowest BCUT2D eigenvalue weighted by atomic mass is 10.3. The maximum Gasteiger partial charge on any atom is 0.226 e. The molecule has 0 spiro atoms. The van der Waals surface area contributed by atoms with Crippen LogP contribution in [0.4, 0.5) is 0 Å². The first-order chi connectivity index (χ1) is 7.72. The summed E-state index contributed by atoms with van der Waals surface area (Å²) in [4.78, 5) is 4.34. The zero-order valence-corrected chi connectivity index (χ0v) is 11.1. The molecule has 0 aromatic carbocycles. The topological polar surface area (TPSA) is 51.0 Å². The second-order valence-electron chi connectivity index (χ2n) is 3.95. The lowest BCUT2D eigenvalue weighted by Crippen LogP contribution is -2.23. The third-order valence-corrected chi connectivity index (χ3v) is 2.94. The molecule has 0 bridgehead atoms. The van der Waals surface area contributed by atoms with Crippen LogP contribution in [0.2, 0.25) is 0 Å². The lowest BCUT2D eigenvalue weighted by Gasteiger charge is -2.05. The fourth-order valence-corrected chi connectivity index (χ4v) is 1.78. The Bertz CT molecular complexity index is 289. The Morgan fingerprint density at radius 3 is 2.94 bits per heavy atom. The Morgan fingerprint density at radius 1 is 1.44 bits per heavy atom. The second-order valence-corrected chi connectivity index (χ2v) is 5.23. The molecule has 0 amide bonds. The third kappa shape index (κ3) is 5.51. The molecule has 0 saturated carbocycles. The van der Waals surface area contributed by atoms with Gasteiger partial charge in [0.15, 0.2) is 5.82 Å². The van der Waals surface area contributed by atoms with Crippen LogP contribution in [0.25, 0.3) is 0 Å². The molecule has 0 atom stereocenters. The van der Waals surface area contributed by atoms with Gasteiger partial charge in [0.05, 0.1) is 5.75 Å². The summed E-state index contributed by atoms with van der Waals surface area (Å²) >= 11 is 1.81. The van der Waals surface area contributed by atoms with E-state index in [1.165, 1.54) is 0 Å². The monoisotopic (exact) mass is 243 g/mol. The molecule has 0 saturated heterocycles. The van der Waals surface area contributed by atoms with Crippen molar-refractivity contribution in [1.82, 2.24) is 15.5 Å². The molecule has 5 heteroatoms. The molecular formula is C11H21N3OS. The molecule has 92 valence electrons. The van der Waals surface area contributed by atoms with Crippen molar-refractivity contribution in [2.75, 3.05) is 12.3 Å². The van der Waals surface area contributed by atoms with E-state index in [1.54, 1.807) is 0 Å². The van der Waals surface area contributed by atoms with Gasteiger partial charge in [-0.1, -0.05) is 25.9 Å². The largest absolute Gasteiger partial charge is 0.339 e. The predicted molar refractivity (Wildman–Crippen MR) is 67.6 cm³/mol.